The van der Waals surface area contributed by atoms with Gasteiger partial charge in [-0.25, -0.2) is 0 Å². The van der Waals surface area contributed by atoms with Crippen LogP contribution in [-0.2, 0) is 0 Å². The van der Waals surface area contributed by atoms with Crippen LogP contribution in [0.5, 0.6) is 0 Å². The normalized spacial score (nSPS) is 18.5. The fraction of sp³-hybridized carbons (Fsp3) is 0.368. The van der Waals surface area contributed by atoms with Gasteiger partial charge in [-0.2, -0.15) is 0 Å². The Balaban J connectivity index is 1.87. The monoisotopic (exact) mass is 312 g/mol. The van der Waals surface area contributed by atoms with E-state index in [2.05, 4.69) is 73.5 Å². The molecule has 2 aromatic rings. The van der Waals surface area contributed by atoms with Crippen molar-refractivity contribution in [3.8, 4) is 0 Å². The molecule has 1 aliphatic rings. The van der Waals surface area contributed by atoms with Crippen LogP contribution in [0, 0.1) is 13.8 Å². The topological polar surface area (TPSA) is 15.3 Å². The molecule has 0 aromatic heterocycles. The lowest BCUT2D eigenvalue weighted by Crippen LogP contribution is -2.49. The van der Waals surface area contributed by atoms with Gasteiger partial charge in [0.05, 0.1) is 5.69 Å². The van der Waals surface area contributed by atoms with Crippen molar-refractivity contribution in [3.05, 3.63) is 53.6 Å². The average molecular weight is 312 g/mol. The molecular formula is C19H24N2S. The summed E-state index contributed by atoms with van der Waals surface area (Å²) in [7, 11) is 0. The Hall–Kier alpha value is -1.45. The lowest BCUT2D eigenvalue weighted by Gasteiger charge is -2.34. The minimum atomic E-state index is 0.549. The van der Waals surface area contributed by atoms with Crippen molar-refractivity contribution in [1.82, 2.24) is 5.32 Å². The van der Waals surface area contributed by atoms with Crippen molar-refractivity contribution >= 4 is 17.4 Å². The molecule has 1 N–H and O–H groups in total. The molecule has 1 saturated heterocycles. The lowest BCUT2D eigenvalue weighted by atomic mass is 10.2. The van der Waals surface area contributed by atoms with Crippen LogP contribution in [0.1, 0.15) is 18.1 Å². The van der Waals surface area contributed by atoms with Crippen molar-refractivity contribution in [2.75, 3.05) is 24.5 Å². The summed E-state index contributed by atoms with van der Waals surface area (Å²) in [6, 6.07) is 16.0. The van der Waals surface area contributed by atoms with E-state index in [1.54, 1.807) is 0 Å². The molecule has 0 amide bonds. The fourth-order valence-corrected chi connectivity index (χ4v) is 4.03. The van der Waals surface area contributed by atoms with Crippen LogP contribution in [0.3, 0.4) is 0 Å². The van der Waals surface area contributed by atoms with Crippen LogP contribution in [0.25, 0.3) is 0 Å². The fourth-order valence-electron chi connectivity index (χ4n) is 2.99. The number of para-hydroxylation sites is 1. The van der Waals surface area contributed by atoms with Gasteiger partial charge in [0.25, 0.3) is 0 Å². The molecule has 0 saturated carbocycles. The average Bonchev–Trinajstić information content (AvgIpc) is 2.50. The highest BCUT2D eigenvalue weighted by molar-refractivity contribution is 7.99. The van der Waals surface area contributed by atoms with Gasteiger partial charge in [-0.05, 0) is 44.5 Å². The molecule has 0 bridgehead atoms. The van der Waals surface area contributed by atoms with E-state index in [4.69, 9.17) is 0 Å². The number of aryl methyl sites for hydroxylation is 2. The Labute approximate surface area is 137 Å². The molecule has 22 heavy (non-hydrogen) atoms. The number of rotatable bonds is 3. The molecule has 1 aliphatic heterocycles. The maximum atomic E-state index is 3.52. The van der Waals surface area contributed by atoms with Gasteiger partial charge in [0.15, 0.2) is 0 Å². The summed E-state index contributed by atoms with van der Waals surface area (Å²) in [5, 5.41) is 3.52. The van der Waals surface area contributed by atoms with E-state index in [0.29, 0.717) is 6.04 Å². The third-order valence-corrected chi connectivity index (χ3v) is 5.37. The first-order valence-electron chi connectivity index (χ1n) is 7.96. The van der Waals surface area contributed by atoms with Gasteiger partial charge in [-0.15, -0.1) is 0 Å². The van der Waals surface area contributed by atoms with Crippen LogP contribution in [0.2, 0.25) is 0 Å². The van der Waals surface area contributed by atoms with E-state index in [-0.39, 0.29) is 0 Å². The maximum Gasteiger partial charge on any atom is 0.0509 e. The number of nitrogens with zero attached hydrogens (tertiary/aromatic N) is 1. The first-order valence-corrected chi connectivity index (χ1v) is 8.77. The second-order valence-corrected chi connectivity index (χ2v) is 7.22. The molecular weight excluding hydrogens is 288 g/mol. The van der Waals surface area contributed by atoms with Crippen LogP contribution >= 0.6 is 11.8 Å². The van der Waals surface area contributed by atoms with Gasteiger partial charge in [0.1, 0.15) is 0 Å². The van der Waals surface area contributed by atoms with Crippen molar-refractivity contribution in [2.24, 2.45) is 0 Å². The van der Waals surface area contributed by atoms with Crippen LogP contribution in [0.15, 0.2) is 52.3 Å². The third-order valence-electron chi connectivity index (χ3n) is 4.13. The Morgan fingerprint density at radius 3 is 2.68 bits per heavy atom. The van der Waals surface area contributed by atoms with Gasteiger partial charge in [-0.1, -0.05) is 41.6 Å². The molecule has 2 aromatic carbocycles. The van der Waals surface area contributed by atoms with E-state index >= 15 is 0 Å². The van der Waals surface area contributed by atoms with Gasteiger partial charge < -0.3 is 10.2 Å². The smallest absolute Gasteiger partial charge is 0.0509 e. The zero-order valence-corrected chi connectivity index (χ0v) is 14.4. The maximum absolute atomic E-state index is 3.52. The quantitative estimate of drug-likeness (QED) is 0.912. The standard InChI is InChI=1S/C19H24N2S/c1-14-8-9-18(15(2)12-14)22-19-7-5-4-6-17(19)21-11-10-20-16(3)13-21/h4-9,12,16,20H,10-11,13H2,1-3H3. The van der Waals surface area contributed by atoms with Crippen molar-refractivity contribution in [1.29, 1.82) is 0 Å². The molecule has 1 atom stereocenters. The molecule has 3 rings (SSSR count). The lowest BCUT2D eigenvalue weighted by molar-refractivity contribution is 0.483. The summed E-state index contributed by atoms with van der Waals surface area (Å²) >= 11 is 1.88. The summed E-state index contributed by atoms with van der Waals surface area (Å²) in [6.45, 7) is 9.82. The Morgan fingerprint density at radius 2 is 1.91 bits per heavy atom. The molecule has 0 radical (unpaired) electrons. The minimum Gasteiger partial charge on any atom is -0.368 e. The summed E-state index contributed by atoms with van der Waals surface area (Å²) < 4.78 is 0. The summed E-state index contributed by atoms with van der Waals surface area (Å²) in [5.41, 5.74) is 4.04. The van der Waals surface area contributed by atoms with Crippen molar-refractivity contribution in [3.63, 3.8) is 0 Å². The zero-order valence-electron chi connectivity index (χ0n) is 13.6. The highest BCUT2D eigenvalue weighted by Crippen LogP contribution is 2.37. The van der Waals surface area contributed by atoms with E-state index in [1.165, 1.54) is 26.6 Å². The second-order valence-electron chi connectivity index (χ2n) is 6.14. The van der Waals surface area contributed by atoms with Gasteiger partial charge in [0, 0.05) is 35.5 Å². The minimum absolute atomic E-state index is 0.549. The first-order chi connectivity index (χ1) is 10.6. The zero-order chi connectivity index (χ0) is 15.5. The highest BCUT2D eigenvalue weighted by atomic mass is 32.2. The molecule has 1 heterocycles. The SMILES string of the molecule is Cc1ccc(Sc2ccccc2N2CCNC(C)C2)c(C)c1. The Morgan fingerprint density at radius 1 is 1.09 bits per heavy atom. The Kier molecular flexibility index (Phi) is 4.74. The predicted octanol–water partition coefficient (Wildman–Crippen LogP) is 4.25. The van der Waals surface area contributed by atoms with E-state index in [1.807, 2.05) is 11.8 Å². The number of hydrogen-bond acceptors (Lipinski definition) is 3. The summed E-state index contributed by atoms with van der Waals surface area (Å²) in [5.74, 6) is 0. The summed E-state index contributed by atoms with van der Waals surface area (Å²) in [4.78, 5) is 5.21. The molecule has 1 fully saturated rings. The number of anilines is 1. The molecule has 3 heteroatoms. The third kappa shape index (κ3) is 3.47. The largest absolute Gasteiger partial charge is 0.368 e. The second kappa shape index (κ2) is 6.76. The first kappa shape index (κ1) is 15.4. The molecule has 1 unspecified atom stereocenters. The highest BCUT2D eigenvalue weighted by Gasteiger charge is 2.18. The number of benzene rings is 2. The molecule has 0 aliphatic carbocycles. The van der Waals surface area contributed by atoms with Crippen LogP contribution < -0.4 is 10.2 Å². The van der Waals surface area contributed by atoms with Gasteiger partial charge >= 0.3 is 0 Å². The van der Waals surface area contributed by atoms with Crippen molar-refractivity contribution in [2.45, 2.75) is 36.6 Å². The number of hydrogen-bond donors (Lipinski definition) is 1. The van der Waals surface area contributed by atoms with Gasteiger partial charge in [0.2, 0.25) is 0 Å². The van der Waals surface area contributed by atoms with E-state index in [9.17, 15) is 0 Å². The molecule has 0 spiro atoms. The van der Waals surface area contributed by atoms with E-state index < -0.39 is 0 Å². The van der Waals surface area contributed by atoms with Crippen LogP contribution in [-0.4, -0.2) is 25.7 Å². The van der Waals surface area contributed by atoms with Crippen molar-refractivity contribution < 1.29 is 0 Å². The summed E-state index contributed by atoms with van der Waals surface area (Å²) in [6.07, 6.45) is 0. The predicted molar refractivity (Wildman–Crippen MR) is 96.2 cm³/mol. The van der Waals surface area contributed by atoms with Gasteiger partial charge in [-0.3, -0.25) is 0 Å². The Bertz CT molecular complexity index is 654. The molecule has 2 nitrogen and oxygen atoms in total. The van der Waals surface area contributed by atoms with E-state index in [0.717, 1.165) is 19.6 Å². The number of nitrogens with one attached hydrogen (secondary N) is 1. The molecule has 116 valence electrons. The number of piperazine rings is 1. The van der Waals surface area contributed by atoms with Crippen LogP contribution in [0.4, 0.5) is 5.69 Å².